The number of nitrogens with one attached hydrogen (secondary N) is 2. The Morgan fingerprint density at radius 2 is 2.11 bits per heavy atom. The maximum atomic E-state index is 13.7. The maximum absolute atomic E-state index is 13.7. The van der Waals surface area contributed by atoms with Crippen molar-refractivity contribution in [2.24, 2.45) is 0 Å². The molecule has 0 amide bonds. The van der Waals surface area contributed by atoms with Crippen LogP contribution in [-0.4, -0.2) is 60.6 Å². The van der Waals surface area contributed by atoms with Gasteiger partial charge >= 0.3 is 13.7 Å². The molecule has 1 aliphatic heterocycles. The highest BCUT2D eigenvalue weighted by atomic mass is 31.2. The van der Waals surface area contributed by atoms with E-state index in [1.54, 1.807) is 24.3 Å². The zero-order valence-corrected chi connectivity index (χ0v) is 20.9. The Bertz CT molecular complexity index is 1600. The van der Waals surface area contributed by atoms with E-state index in [2.05, 4.69) is 20.0 Å². The van der Waals surface area contributed by atoms with Gasteiger partial charge < -0.3 is 25.2 Å². The van der Waals surface area contributed by atoms with Crippen molar-refractivity contribution in [3.05, 3.63) is 59.1 Å². The fourth-order valence-electron chi connectivity index (χ4n) is 4.15. The molecule has 38 heavy (non-hydrogen) atoms. The third kappa shape index (κ3) is 5.12. The van der Waals surface area contributed by atoms with Crippen LogP contribution in [0.15, 0.2) is 53.6 Å². The molecule has 0 spiro atoms. The number of aliphatic hydroxyl groups is 1. The molecule has 1 saturated heterocycles. The van der Waals surface area contributed by atoms with Gasteiger partial charge in [-0.25, -0.2) is 9.55 Å². The molecule has 6 N–H and O–H groups in total. The van der Waals surface area contributed by atoms with Crippen LogP contribution in [0.5, 0.6) is 5.75 Å². The number of carboxylic acid groups (broad SMARTS) is 1. The number of hydrogen-bond donors (Lipinski definition) is 5. The van der Waals surface area contributed by atoms with Gasteiger partial charge in [-0.15, -0.1) is 0 Å². The molecule has 4 aromatic rings. The normalized spacial score (nSPS) is 21.9. The monoisotopic (exact) mass is 544 g/mol. The van der Waals surface area contributed by atoms with E-state index in [0.29, 0.717) is 5.39 Å². The van der Waals surface area contributed by atoms with Crippen LogP contribution in [0.25, 0.3) is 21.9 Å². The van der Waals surface area contributed by atoms with E-state index in [-0.39, 0.29) is 29.3 Å². The first-order valence-corrected chi connectivity index (χ1v) is 13.2. The highest BCUT2D eigenvalue weighted by molar-refractivity contribution is 7.52. The fourth-order valence-corrected chi connectivity index (χ4v) is 5.67. The topological polar surface area (TPSA) is 204 Å². The highest BCUT2D eigenvalue weighted by Gasteiger charge is 2.39. The Kier molecular flexibility index (Phi) is 6.90. The second kappa shape index (κ2) is 10.2. The molecule has 2 aromatic carbocycles. The number of H-pyrrole nitrogens is 1. The highest BCUT2D eigenvalue weighted by Crippen LogP contribution is 2.47. The first kappa shape index (κ1) is 25.8. The van der Waals surface area contributed by atoms with Crippen molar-refractivity contribution in [3.63, 3.8) is 0 Å². The van der Waals surface area contributed by atoms with Crippen molar-refractivity contribution in [1.29, 1.82) is 0 Å². The van der Waals surface area contributed by atoms with E-state index in [0.717, 1.165) is 5.39 Å². The van der Waals surface area contributed by atoms with Gasteiger partial charge in [-0.3, -0.25) is 23.7 Å². The standard InChI is InChI=1S/C23H25N6O8P/c1-12(22(32)33)28-38(34,37-16-8-4-6-13-5-2-3-7-14(13)16)35-10-17-15(30)9-18(36-17)29-11-25-19-20(29)26-23(24)27-21(19)31/h2-8,11-12,15,17-18,30H,9-10H2,1H3,(H,28,34)(H,32,33)(H3,24,26,27,31)/t12-,15-,17?,18+,38?/m0/s1. The molecule has 0 saturated carbocycles. The molecule has 5 rings (SSSR count). The third-order valence-corrected chi connectivity index (χ3v) is 7.69. The Labute approximate surface area is 215 Å². The number of hydrogen-bond acceptors (Lipinski definition) is 10. The minimum Gasteiger partial charge on any atom is -0.480 e. The number of benzene rings is 2. The van der Waals surface area contributed by atoms with Gasteiger partial charge in [-0.2, -0.15) is 10.1 Å². The Hall–Kier alpha value is -3.81. The average molecular weight is 544 g/mol. The van der Waals surface area contributed by atoms with Crippen LogP contribution >= 0.6 is 7.75 Å². The van der Waals surface area contributed by atoms with Gasteiger partial charge in [0, 0.05) is 11.8 Å². The van der Waals surface area contributed by atoms with Crippen molar-refractivity contribution < 1.29 is 33.4 Å². The number of anilines is 1. The first-order valence-electron chi connectivity index (χ1n) is 11.6. The lowest BCUT2D eigenvalue weighted by Gasteiger charge is -2.24. The molecule has 2 aromatic heterocycles. The number of ether oxygens (including phenoxy) is 1. The van der Waals surface area contributed by atoms with Crippen molar-refractivity contribution in [3.8, 4) is 5.75 Å². The van der Waals surface area contributed by atoms with Crippen LogP contribution in [-0.2, 0) is 18.6 Å². The molecule has 200 valence electrons. The number of aromatic nitrogens is 4. The molecule has 1 aliphatic rings. The lowest BCUT2D eigenvalue weighted by Crippen LogP contribution is -2.35. The van der Waals surface area contributed by atoms with Gasteiger partial charge in [0.2, 0.25) is 5.95 Å². The summed E-state index contributed by atoms with van der Waals surface area (Å²) in [5.74, 6) is -1.14. The number of nitrogens with two attached hydrogens (primary N) is 1. The van der Waals surface area contributed by atoms with Crippen molar-refractivity contribution >= 4 is 41.6 Å². The van der Waals surface area contributed by atoms with Crippen molar-refractivity contribution in [2.45, 2.75) is 37.8 Å². The Morgan fingerprint density at radius 1 is 1.34 bits per heavy atom. The number of aromatic amines is 1. The minimum atomic E-state index is -4.28. The van der Waals surface area contributed by atoms with E-state index in [9.17, 15) is 24.4 Å². The maximum Gasteiger partial charge on any atom is 0.459 e. The first-order chi connectivity index (χ1) is 18.1. The molecule has 15 heteroatoms. The van der Waals surface area contributed by atoms with Crippen LogP contribution in [0.4, 0.5) is 5.95 Å². The van der Waals surface area contributed by atoms with Gasteiger partial charge in [0.1, 0.15) is 24.1 Å². The number of imidazole rings is 1. The zero-order valence-electron chi connectivity index (χ0n) is 20.1. The van der Waals surface area contributed by atoms with Crippen LogP contribution in [0, 0.1) is 0 Å². The third-order valence-electron chi connectivity index (χ3n) is 6.06. The second-order valence-corrected chi connectivity index (χ2v) is 10.5. The summed E-state index contributed by atoms with van der Waals surface area (Å²) in [5.41, 5.74) is 5.36. The lowest BCUT2D eigenvalue weighted by molar-refractivity contribution is -0.138. The van der Waals surface area contributed by atoms with E-state index >= 15 is 0 Å². The van der Waals surface area contributed by atoms with Gasteiger partial charge in [0.15, 0.2) is 11.2 Å². The van der Waals surface area contributed by atoms with E-state index in [1.165, 1.54) is 17.8 Å². The molecule has 5 atom stereocenters. The molecule has 0 aliphatic carbocycles. The number of nitrogens with zero attached hydrogens (tertiary/aromatic N) is 3. The minimum absolute atomic E-state index is 0.0526. The summed E-state index contributed by atoms with van der Waals surface area (Å²) in [6, 6.07) is 11.1. The SMILES string of the molecule is C[C@H](NP(=O)(OCC1O[C@@H](n2cnc3c(=O)[nH]c(N)nc32)C[C@@H]1O)Oc1cccc2ccccc12)C(=O)O. The predicted octanol–water partition coefficient (Wildman–Crippen LogP) is 1.77. The largest absolute Gasteiger partial charge is 0.480 e. The van der Waals surface area contributed by atoms with Crippen molar-refractivity contribution in [1.82, 2.24) is 24.6 Å². The van der Waals surface area contributed by atoms with Crippen LogP contribution in [0.1, 0.15) is 19.6 Å². The molecular formula is C23H25N6O8P. The number of aliphatic hydroxyl groups excluding tert-OH is 1. The van der Waals surface area contributed by atoms with E-state index in [4.69, 9.17) is 19.5 Å². The molecular weight excluding hydrogens is 519 g/mol. The zero-order chi connectivity index (χ0) is 27.0. The summed E-state index contributed by atoms with van der Waals surface area (Å²) in [6.45, 7) is 0.897. The molecule has 0 bridgehead atoms. The summed E-state index contributed by atoms with van der Waals surface area (Å²) in [4.78, 5) is 34.1. The van der Waals surface area contributed by atoms with Crippen LogP contribution < -0.4 is 20.9 Å². The second-order valence-electron chi connectivity index (χ2n) is 8.76. The predicted molar refractivity (Wildman–Crippen MR) is 135 cm³/mol. The number of nitrogen functional groups attached to an aromatic ring is 1. The summed E-state index contributed by atoms with van der Waals surface area (Å²) in [7, 11) is -4.28. The van der Waals surface area contributed by atoms with Gasteiger partial charge in [-0.1, -0.05) is 36.4 Å². The Balaban J connectivity index is 1.36. The number of carboxylic acids is 1. The molecule has 14 nitrogen and oxygen atoms in total. The van der Waals surface area contributed by atoms with Crippen molar-refractivity contribution in [2.75, 3.05) is 12.3 Å². The number of rotatable bonds is 9. The lowest BCUT2D eigenvalue weighted by atomic mass is 10.1. The van der Waals surface area contributed by atoms with Crippen LogP contribution in [0.3, 0.4) is 0 Å². The molecule has 1 fully saturated rings. The van der Waals surface area contributed by atoms with Gasteiger partial charge in [0.25, 0.3) is 5.56 Å². The molecule has 3 heterocycles. The quantitative estimate of drug-likeness (QED) is 0.191. The van der Waals surface area contributed by atoms with Crippen LogP contribution in [0.2, 0.25) is 0 Å². The average Bonchev–Trinajstić information content (AvgIpc) is 3.46. The summed E-state index contributed by atoms with van der Waals surface area (Å²) >= 11 is 0. The van der Waals surface area contributed by atoms with E-state index < -0.39 is 50.4 Å². The summed E-state index contributed by atoms with van der Waals surface area (Å²) in [6.07, 6.45) is -1.37. The Morgan fingerprint density at radius 3 is 2.89 bits per heavy atom. The number of aliphatic carboxylic acids is 1. The van der Waals surface area contributed by atoms with Gasteiger partial charge in [-0.05, 0) is 18.4 Å². The number of carbonyl (C=O) groups is 1. The van der Waals surface area contributed by atoms with E-state index in [1.807, 2.05) is 18.2 Å². The smallest absolute Gasteiger partial charge is 0.459 e. The fraction of sp³-hybridized carbons (Fsp3) is 0.304. The summed E-state index contributed by atoms with van der Waals surface area (Å²) in [5, 5.41) is 23.9. The molecule has 2 unspecified atom stereocenters. The number of fused-ring (bicyclic) bond motifs is 2. The van der Waals surface area contributed by atoms with Gasteiger partial charge in [0.05, 0.1) is 19.0 Å². The molecule has 0 radical (unpaired) electrons. The summed E-state index contributed by atoms with van der Waals surface area (Å²) < 4.78 is 32.5.